The predicted octanol–water partition coefficient (Wildman–Crippen LogP) is -3.63. The number of carbonyl (C=O) groups is 17. The number of nitrogens with two attached hydrogens (primary N) is 4. The third-order valence-corrected chi connectivity index (χ3v) is 24.8. The van der Waals surface area contributed by atoms with Crippen LogP contribution in [0.1, 0.15) is 135 Å². The molecule has 24 N–H and O–H groups in total. The number of aromatic nitrogens is 2. The summed E-state index contributed by atoms with van der Waals surface area (Å²) in [6.07, 6.45) is 1.41. The van der Waals surface area contributed by atoms with E-state index in [0.29, 0.717) is 69.9 Å². The van der Waals surface area contributed by atoms with Gasteiger partial charge >= 0.3 is 0 Å². The molecule has 5 aromatic rings. The number of primary amides is 2. The number of likely N-dealkylation sites (N-methyl/N-ethyl adjacent to an activating group) is 3. The fraction of sp³-hybridized carbons (Fsp3) is 0.551. The number of benzene rings is 3. The molecule has 3 fully saturated rings. The molecule has 44 heteroatoms. The standard InChI is InChI=1S/C89H129N23O20S/c1-10-12-25-68-81(124)100-59(24-18-32-95-89(93)94)77(120)107-67(76(119)98-43-73(92)116)46-133-47-74(117)99-62(35-50-28-30-54(132-9)31-29-50)84(127)108(6)49(5)75(118)102-64(39-72(91)115)86(129)111-33-19-27-69(111)82(125)105-65(40-90)79(122)103-61(34-48(3)4)87(130)112-44-53(114)38-71(112)83(126)101-60(36-51-41-96-57-22-16-14-20-55(51)57)78(121)106-66(45-113)80(123)104-63(37-52-42-97-58-23-17-15-21-56(52)58)85(128)110(8)70(26-13-11-2)88(131)109(68)7/h14-17,20-23,28-31,41-42,48-49,53,59-71,96-97,113-114H,10-13,18-19,24-27,32-40,43-47,90H2,1-9H3,(H2,91,115)(H2,92,116)(H,98,119)(H,99,117)(H,100,124)(H,101,126)(H,102,118)(H,103,122)(H,104,123)(H,105,125)(H,106,121)(H,107,120)(H4,93,94,95)/t49-,53+,59-,60-,61-,62-,63-,64-,65-,66-,67-,68-,69-,70-,71-/m0/s1. The second kappa shape index (κ2) is 50.6. The van der Waals surface area contributed by atoms with Crippen LogP contribution in [0.25, 0.3) is 21.8 Å². The number of thioether (sulfide) groups is 1. The van der Waals surface area contributed by atoms with E-state index in [0.717, 1.165) is 36.3 Å². The zero-order valence-corrected chi connectivity index (χ0v) is 77.3. The van der Waals surface area contributed by atoms with Crippen molar-refractivity contribution in [2.24, 2.45) is 28.9 Å². The number of aromatic amines is 2. The lowest BCUT2D eigenvalue weighted by Gasteiger charge is -2.36. The van der Waals surface area contributed by atoms with E-state index in [2.05, 4.69) is 68.5 Å². The maximum absolute atomic E-state index is 15.7. The SMILES string of the molecule is CCCC[C@H]1C(=O)N(C)[C@@H](CCCC)C(=O)N[C@@H](CCCNC(=N)N)C(=O)N[C@H](C(=O)NCC(N)=O)CSCC(=O)N[C@@H](Cc2ccc(OC)cc2)C(=O)N(C)[C@@H](C)C(=O)N[C@@H](CC(N)=O)C(=O)N2CCC[C@H]2C(=O)N[C@@H](CN)C(=O)N[C@@H](CC(C)C)C(=O)N2C[C@H](O)C[C@H]2C(=O)N[C@@H](Cc2c[nH]c3ccccc23)C(=O)N[C@@H](CO)C(=O)N[C@@H](Cc2c[nH]c3ccccc23)C(=O)N1C. The van der Waals surface area contributed by atoms with Crippen LogP contribution in [0.3, 0.4) is 0 Å². The number of rotatable bonds is 26. The van der Waals surface area contributed by atoms with E-state index in [-0.39, 0.29) is 89.6 Å². The molecule has 0 bridgehead atoms. The van der Waals surface area contributed by atoms with Crippen molar-refractivity contribution >= 4 is 140 Å². The summed E-state index contributed by atoms with van der Waals surface area (Å²) in [5.41, 5.74) is 25.7. The number of carbonyl (C=O) groups excluding carboxylic acids is 17. The second-order valence-electron chi connectivity index (χ2n) is 34.1. The summed E-state index contributed by atoms with van der Waals surface area (Å²) in [4.78, 5) is 261. The van der Waals surface area contributed by atoms with Gasteiger partial charge in [-0.25, -0.2) is 0 Å². The van der Waals surface area contributed by atoms with Gasteiger partial charge in [-0.2, -0.15) is 0 Å². The van der Waals surface area contributed by atoms with Gasteiger partial charge in [0.05, 0.1) is 38.5 Å². The number of amides is 17. The highest BCUT2D eigenvalue weighted by Gasteiger charge is 2.47. The topological polar surface area (TPSA) is 648 Å². The van der Waals surface area contributed by atoms with E-state index >= 15 is 33.6 Å². The molecule has 17 amide bonds. The van der Waals surface area contributed by atoms with Gasteiger partial charge in [-0.3, -0.25) is 86.9 Å². The number of fused-ring (bicyclic) bond motifs is 4. The van der Waals surface area contributed by atoms with Crippen molar-refractivity contribution in [3.63, 3.8) is 0 Å². The highest BCUT2D eigenvalue weighted by atomic mass is 32.2. The van der Waals surface area contributed by atoms with E-state index in [1.807, 2.05) is 13.8 Å². The number of H-pyrrole nitrogens is 2. The average Bonchev–Trinajstić information content (AvgIpc) is 1.78. The zero-order valence-electron chi connectivity index (χ0n) is 76.5. The molecule has 0 unspecified atom stereocenters. The Bertz CT molecular complexity index is 4970. The van der Waals surface area contributed by atoms with E-state index in [1.165, 1.54) is 35.2 Å². The van der Waals surface area contributed by atoms with Crippen molar-refractivity contribution in [1.82, 2.24) is 93.0 Å². The Balaban J connectivity index is 1.19. The summed E-state index contributed by atoms with van der Waals surface area (Å²) in [6.45, 7) is 5.45. The Hall–Kier alpha value is -13.0. The number of methoxy groups -OCH3 is 1. The van der Waals surface area contributed by atoms with E-state index in [9.17, 15) is 58.2 Å². The molecule has 3 aromatic carbocycles. The van der Waals surface area contributed by atoms with Crippen LogP contribution in [0.2, 0.25) is 0 Å². The fourth-order valence-corrected chi connectivity index (χ4v) is 17.2. The Morgan fingerprint density at radius 3 is 1.68 bits per heavy atom. The summed E-state index contributed by atoms with van der Waals surface area (Å²) in [5.74, 6) is -17.4. The molecule has 43 nitrogen and oxygen atoms in total. The van der Waals surface area contributed by atoms with E-state index in [1.54, 1.807) is 99.0 Å². The van der Waals surface area contributed by atoms with Gasteiger partial charge in [0.1, 0.15) is 90.3 Å². The molecule has 3 aliphatic heterocycles. The summed E-state index contributed by atoms with van der Waals surface area (Å²) >= 11 is 0.778. The maximum atomic E-state index is 15.7. The summed E-state index contributed by atoms with van der Waals surface area (Å²) in [7, 11) is 5.36. The molecule has 0 spiro atoms. The monoisotopic (exact) mass is 1870 g/mol. The molecule has 3 saturated heterocycles. The van der Waals surface area contributed by atoms with Gasteiger partial charge in [0.15, 0.2) is 5.96 Å². The number of hydrogen-bond donors (Lipinski definition) is 20. The largest absolute Gasteiger partial charge is 0.497 e. The van der Waals surface area contributed by atoms with Gasteiger partial charge in [-0.15, -0.1) is 11.8 Å². The lowest BCUT2D eigenvalue weighted by Crippen LogP contribution is -2.62. The number of nitrogens with zero attached hydrogens (tertiary/aromatic N) is 5. The molecule has 0 radical (unpaired) electrons. The lowest BCUT2D eigenvalue weighted by molar-refractivity contribution is -0.149. The first-order chi connectivity index (χ1) is 63.3. The van der Waals surface area contributed by atoms with Crippen molar-refractivity contribution in [1.29, 1.82) is 5.41 Å². The van der Waals surface area contributed by atoms with Crippen LogP contribution < -0.4 is 86.2 Å². The number of aliphatic hydroxyl groups excluding tert-OH is 2. The second-order valence-corrected chi connectivity index (χ2v) is 35.1. The molecule has 0 aliphatic carbocycles. The highest BCUT2D eigenvalue weighted by Crippen LogP contribution is 2.28. The quantitative estimate of drug-likeness (QED) is 0.0144. The normalized spacial score (nSPS) is 24.9. The number of para-hydroxylation sites is 2. The third kappa shape index (κ3) is 29.5. The van der Waals surface area contributed by atoms with Crippen molar-refractivity contribution in [2.45, 2.75) is 228 Å². The Morgan fingerprint density at radius 1 is 0.556 bits per heavy atom. The number of unbranched alkanes of at least 4 members (excludes halogenated alkanes) is 2. The molecular formula is C89H129N23O20S. The minimum Gasteiger partial charge on any atom is -0.497 e. The van der Waals surface area contributed by atoms with Crippen molar-refractivity contribution in [3.8, 4) is 5.75 Å². The van der Waals surface area contributed by atoms with Crippen LogP contribution in [0.5, 0.6) is 5.75 Å². The molecule has 726 valence electrons. The number of aliphatic hydroxyl groups is 2. The van der Waals surface area contributed by atoms with Crippen molar-refractivity contribution in [3.05, 3.63) is 102 Å². The fourth-order valence-electron chi connectivity index (χ4n) is 16.3. The van der Waals surface area contributed by atoms with Crippen LogP contribution in [-0.2, 0) is 101 Å². The van der Waals surface area contributed by atoms with Crippen LogP contribution in [0.4, 0.5) is 0 Å². The maximum Gasteiger partial charge on any atom is 0.246 e. The lowest BCUT2D eigenvalue weighted by atomic mass is 10.00. The average molecular weight is 1870 g/mol. The smallest absolute Gasteiger partial charge is 0.246 e. The third-order valence-electron chi connectivity index (χ3n) is 23.8. The molecule has 0 saturated carbocycles. The van der Waals surface area contributed by atoms with Crippen LogP contribution in [0.15, 0.2) is 85.2 Å². The van der Waals surface area contributed by atoms with Crippen LogP contribution in [0, 0.1) is 11.3 Å². The van der Waals surface area contributed by atoms with Gasteiger partial charge in [0.2, 0.25) is 100 Å². The number of guanidine groups is 1. The van der Waals surface area contributed by atoms with Gasteiger partial charge in [-0.05, 0) is 98.7 Å². The number of ether oxygens (including phenoxy) is 1. The van der Waals surface area contributed by atoms with E-state index < -0.39 is 241 Å². The Labute approximate surface area is 774 Å². The molecular weight excluding hydrogens is 1740 g/mol. The summed E-state index contributed by atoms with van der Waals surface area (Å²) < 4.78 is 5.34. The minimum absolute atomic E-state index is 0.00781. The van der Waals surface area contributed by atoms with Gasteiger partial charge in [0, 0.05) is 113 Å². The number of nitrogens with one attached hydrogen (secondary N) is 14. The molecule has 15 atom stereocenters. The van der Waals surface area contributed by atoms with Crippen molar-refractivity contribution in [2.75, 3.05) is 79.1 Å². The van der Waals surface area contributed by atoms with Gasteiger partial charge in [-0.1, -0.05) is 102 Å². The molecule has 2 aromatic heterocycles. The molecule has 5 heterocycles. The predicted molar refractivity (Wildman–Crippen MR) is 491 cm³/mol. The van der Waals surface area contributed by atoms with E-state index in [4.69, 9.17) is 33.1 Å². The van der Waals surface area contributed by atoms with Crippen LogP contribution >= 0.6 is 11.8 Å². The summed E-state index contributed by atoms with van der Waals surface area (Å²) in [5, 5.41) is 60.5. The minimum atomic E-state index is -1.89. The number of hydrogen-bond acceptors (Lipinski definition) is 23. The molecule has 133 heavy (non-hydrogen) atoms. The Kier molecular flexibility index (Phi) is 40.1. The van der Waals surface area contributed by atoms with Crippen molar-refractivity contribution < 1.29 is 96.5 Å². The van der Waals surface area contributed by atoms with Gasteiger partial charge < -0.3 is 131 Å². The first-order valence-corrected chi connectivity index (χ1v) is 45.8. The highest BCUT2D eigenvalue weighted by molar-refractivity contribution is 8.00. The molecule has 8 rings (SSSR count). The Morgan fingerprint density at radius 2 is 1.08 bits per heavy atom. The first kappa shape index (κ1) is 105. The van der Waals surface area contributed by atoms with Crippen LogP contribution in [-0.4, -0.2) is 321 Å². The zero-order chi connectivity index (χ0) is 97.6. The van der Waals surface area contributed by atoms with Gasteiger partial charge in [0.25, 0.3) is 0 Å². The molecule has 3 aliphatic rings. The summed E-state index contributed by atoms with van der Waals surface area (Å²) in [6, 6.07) is -1.29. The first-order valence-electron chi connectivity index (χ1n) is 44.7.